The van der Waals surface area contributed by atoms with Gasteiger partial charge in [-0.15, -0.1) is 0 Å². The van der Waals surface area contributed by atoms with Crippen molar-refractivity contribution in [2.24, 2.45) is 5.73 Å². The molecule has 0 bridgehead atoms. The molecule has 5 nitrogen and oxygen atoms in total. The molecule has 14 heavy (non-hydrogen) atoms. The summed E-state index contributed by atoms with van der Waals surface area (Å²) in [5.41, 5.74) is 10.9. The van der Waals surface area contributed by atoms with Crippen LogP contribution in [0.25, 0.3) is 0 Å². The van der Waals surface area contributed by atoms with Crippen LogP contribution in [-0.2, 0) is 9.59 Å². The smallest absolute Gasteiger partial charge is 0.313 e. The van der Waals surface area contributed by atoms with Gasteiger partial charge in [0.1, 0.15) is 0 Å². The standard InChI is InChI=1S/C8H8ClN3O2/c9-5-3-4(1-2-6(5)10)12-8(14)7(11)13/h1-3H,10H2,(H2,11,13)(H,12,14). The van der Waals surface area contributed by atoms with E-state index in [2.05, 4.69) is 5.32 Å². The van der Waals surface area contributed by atoms with E-state index in [1.807, 2.05) is 0 Å². The number of benzene rings is 1. The monoisotopic (exact) mass is 213 g/mol. The predicted molar refractivity (Wildman–Crippen MR) is 53.7 cm³/mol. The van der Waals surface area contributed by atoms with E-state index in [0.717, 1.165) is 0 Å². The minimum absolute atomic E-state index is 0.298. The van der Waals surface area contributed by atoms with Crippen molar-refractivity contribution in [1.82, 2.24) is 0 Å². The van der Waals surface area contributed by atoms with Crippen LogP contribution in [0.5, 0.6) is 0 Å². The zero-order chi connectivity index (χ0) is 10.7. The first-order valence-electron chi connectivity index (χ1n) is 3.66. The summed E-state index contributed by atoms with van der Waals surface area (Å²) in [4.78, 5) is 21.3. The molecule has 0 aromatic heterocycles. The van der Waals surface area contributed by atoms with Crippen molar-refractivity contribution < 1.29 is 9.59 Å². The van der Waals surface area contributed by atoms with Crippen molar-refractivity contribution in [1.29, 1.82) is 0 Å². The Hall–Kier alpha value is -1.75. The molecule has 0 aliphatic heterocycles. The van der Waals surface area contributed by atoms with Crippen LogP contribution in [0.2, 0.25) is 5.02 Å². The van der Waals surface area contributed by atoms with E-state index in [1.54, 1.807) is 0 Å². The quantitative estimate of drug-likeness (QED) is 0.464. The van der Waals surface area contributed by atoms with E-state index in [1.165, 1.54) is 18.2 Å². The fourth-order valence-corrected chi connectivity index (χ4v) is 0.978. The molecule has 1 rings (SSSR count). The summed E-state index contributed by atoms with van der Waals surface area (Å²) >= 11 is 5.68. The van der Waals surface area contributed by atoms with Gasteiger partial charge in [0.15, 0.2) is 0 Å². The lowest BCUT2D eigenvalue weighted by Gasteiger charge is -2.04. The molecule has 0 fully saturated rings. The predicted octanol–water partition coefficient (Wildman–Crippen LogP) is 0.346. The molecule has 1 aromatic rings. The second kappa shape index (κ2) is 3.97. The molecule has 0 atom stereocenters. The van der Waals surface area contributed by atoms with Gasteiger partial charge in [-0.25, -0.2) is 0 Å². The number of hydrogen-bond acceptors (Lipinski definition) is 3. The average molecular weight is 214 g/mol. The minimum Gasteiger partial charge on any atom is -0.398 e. The highest BCUT2D eigenvalue weighted by Crippen LogP contribution is 2.22. The molecule has 2 amide bonds. The van der Waals surface area contributed by atoms with E-state index in [9.17, 15) is 9.59 Å². The van der Waals surface area contributed by atoms with Crippen LogP contribution in [0.15, 0.2) is 18.2 Å². The Morgan fingerprint density at radius 3 is 2.50 bits per heavy atom. The van der Waals surface area contributed by atoms with Gasteiger partial charge in [0.25, 0.3) is 0 Å². The second-order valence-corrected chi connectivity index (χ2v) is 2.96. The molecule has 1 aromatic carbocycles. The lowest BCUT2D eigenvalue weighted by molar-refractivity contribution is -0.134. The van der Waals surface area contributed by atoms with Crippen LogP contribution in [0.3, 0.4) is 0 Å². The summed E-state index contributed by atoms with van der Waals surface area (Å²) in [5.74, 6) is -1.95. The third-order valence-electron chi connectivity index (χ3n) is 1.48. The van der Waals surface area contributed by atoms with Crippen molar-refractivity contribution in [3.8, 4) is 0 Å². The van der Waals surface area contributed by atoms with Crippen molar-refractivity contribution >= 4 is 34.8 Å². The van der Waals surface area contributed by atoms with E-state index in [4.69, 9.17) is 23.1 Å². The van der Waals surface area contributed by atoms with Gasteiger partial charge >= 0.3 is 11.8 Å². The van der Waals surface area contributed by atoms with E-state index in [0.29, 0.717) is 16.4 Å². The third kappa shape index (κ3) is 2.37. The Balaban J connectivity index is 2.83. The van der Waals surface area contributed by atoms with Crippen LogP contribution in [-0.4, -0.2) is 11.8 Å². The van der Waals surface area contributed by atoms with E-state index in [-0.39, 0.29) is 0 Å². The number of nitrogens with two attached hydrogens (primary N) is 2. The lowest BCUT2D eigenvalue weighted by Crippen LogP contribution is -2.29. The molecule has 5 N–H and O–H groups in total. The molecule has 0 radical (unpaired) electrons. The summed E-state index contributed by atoms with van der Waals surface area (Å²) in [5, 5.41) is 2.55. The first-order chi connectivity index (χ1) is 6.50. The third-order valence-corrected chi connectivity index (χ3v) is 1.81. The number of carbonyl (C=O) groups is 2. The number of halogens is 1. The maximum absolute atomic E-state index is 10.8. The Morgan fingerprint density at radius 2 is 2.00 bits per heavy atom. The van der Waals surface area contributed by atoms with E-state index >= 15 is 0 Å². The number of nitrogen functional groups attached to an aromatic ring is 1. The molecular weight excluding hydrogens is 206 g/mol. The van der Waals surface area contributed by atoms with Crippen molar-refractivity contribution in [2.45, 2.75) is 0 Å². The van der Waals surface area contributed by atoms with Gasteiger partial charge in [0.2, 0.25) is 0 Å². The fraction of sp³-hybridized carbons (Fsp3) is 0. The Kier molecular flexibility index (Phi) is 2.93. The highest BCUT2D eigenvalue weighted by molar-refractivity contribution is 6.39. The zero-order valence-corrected chi connectivity index (χ0v) is 7.84. The van der Waals surface area contributed by atoms with E-state index < -0.39 is 11.8 Å². The van der Waals surface area contributed by atoms with Gasteiger partial charge in [-0.05, 0) is 18.2 Å². The number of anilines is 2. The van der Waals surface area contributed by atoms with Crippen molar-refractivity contribution in [3.63, 3.8) is 0 Å². The number of rotatable bonds is 1. The van der Waals surface area contributed by atoms with Crippen LogP contribution in [0.1, 0.15) is 0 Å². The van der Waals surface area contributed by atoms with Crippen LogP contribution in [0, 0.1) is 0 Å². The Morgan fingerprint density at radius 1 is 1.36 bits per heavy atom. The van der Waals surface area contributed by atoms with Gasteiger partial charge in [-0.3, -0.25) is 9.59 Å². The van der Waals surface area contributed by atoms with Crippen LogP contribution in [0.4, 0.5) is 11.4 Å². The molecule has 0 unspecified atom stereocenters. The number of primary amides is 1. The normalized spacial score (nSPS) is 9.50. The van der Waals surface area contributed by atoms with Gasteiger partial charge in [-0.2, -0.15) is 0 Å². The lowest BCUT2D eigenvalue weighted by atomic mass is 10.3. The molecule has 0 aliphatic carbocycles. The molecule has 0 saturated heterocycles. The van der Waals surface area contributed by atoms with Gasteiger partial charge in [-0.1, -0.05) is 11.6 Å². The molecular formula is C8H8ClN3O2. The van der Waals surface area contributed by atoms with Gasteiger partial charge < -0.3 is 16.8 Å². The summed E-state index contributed by atoms with van der Waals surface area (Å²) in [6.45, 7) is 0. The largest absolute Gasteiger partial charge is 0.398 e. The first-order valence-corrected chi connectivity index (χ1v) is 4.04. The number of nitrogens with one attached hydrogen (secondary N) is 1. The summed E-state index contributed by atoms with van der Waals surface area (Å²) in [6.07, 6.45) is 0. The maximum atomic E-state index is 10.8. The second-order valence-electron chi connectivity index (χ2n) is 2.55. The molecule has 74 valence electrons. The van der Waals surface area contributed by atoms with Gasteiger partial charge in [0, 0.05) is 5.69 Å². The molecule has 0 spiro atoms. The maximum Gasteiger partial charge on any atom is 0.313 e. The average Bonchev–Trinajstić information content (AvgIpc) is 2.11. The molecule has 0 heterocycles. The van der Waals surface area contributed by atoms with Crippen molar-refractivity contribution in [3.05, 3.63) is 23.2 Å². The van der Waals surface area contributed by atoms with Crippen LogP contribution >= 0.6 is 11.6 Å². The SMILES string of the molecule is NC(=O)C(=O)Nc1ccc(N)c(Cl)c1. The highest BCUT2D eigenvalue weighted by atomic mass is 35.5. The summed E-state index contributed by atoms with van der Waals surface area (Å²) in [7, 11) is 0. The van der Waals surface area contributed by atoms with Crippen LogP contribution < -0.4 is 16.8 Å². The summed E-state index contributed by atoms with van der Waals surface area (Å²) in [6, 6.07) is 4.46. The fourth-order valence-electron chi connectivity index (χ4n) is 0.798. The topological polar surface area (TPSA) is 98.2 Å². The zero-order valence-electron chi connectivity index (χ0n) is 7.08. The molecule has 6 heteroatoms. The Bertz CT molecular complexity index is 392. The number of hydrogen-bond donors (Lipinski definition) is 3. The number of amides is 2. The Labute approximate surface area is 85.0 Å². The first kappa shape index (κ1) is 10.3. The summed E-state index contributed by atoms with van der Waals surface area (Å²) < 4.78 is 0. The molecule has 0 aliphatic rings. The highest BCUT2D eigenvalue weighted by Gasteiger charge is 2.08. The molecule has 0 saturated carbocycles. The van der Waals surface area contributed by atoms with Crippen molar-refractivity contribution in [2.75, 3.05) is 11.1 Å². The number of carbonyl (C=O) groups excluding carboxylic acids is 2. The minimum atomic E-state index is -1.06. The van der Waals surface area contributed by atoms with Gasteiger partial charge in [0.05, 0.1) is 10.7 Å².